The Kier molecular flexibility index (Phi) is 8.93. The second-order valence-electron chi connectivity index (χ2n) is 10.7. The Morgan fingerprint density at radius 3 is 1.82 bits per heavy atom. The van der Waals surface area contributed by atoms with Crippen LogP contribution in [0.5, 0.6) is 11.8 Å². The average molecular weight is 748 g/mol. The second-order valence-corrected chi connectivity index (χ2v) is 11.7. The fraction of sp³-hybridized carbons (Fsp3) is 0.583. The van der Waals surface area contributed by atoms with Gasteiger partial charge in [-0.2, -0.15) is 19.9 Å². The lowest BCUT2D eigenvalue weighted by molar-refractivity contribution is -0.0961. The summed E-state index contributed by atoms with van der Waals surface area (Å²) in [4.78, 5) is 24.6. The monoisotopic (exact) mass is 748 g/mol. The number of fused-ring (bicyclic) bond motifs is 2. The van der Waals surface area contributed by atoms with Gasteiger partial charge in [-0.25, -0.2) is 9.97 Å². The zero-order valence-electron chi connectivity index (χ0n) is 24.4. The molecule has 20 nitrogen and oxygen atoms in total. The highest BCUT2D eigenvalue weighted by Crippen LogP contribution is 2.42. The predicted molar refractivity (Wildman–Crippen MR) is 161 cm³/mol. The summed E-state index contributed by atoms with van der Waals surface area (Å²) in [5.41, 5.74) is 9.31. The van der Waals surface area contributed by atoms with Gasteiger partial charge in [0.15, 0.2) is 38.6 Å². The molecular weight excluding hydrogens is 715 g/mol. The SMILES string of the molecule is COc1nc(N)nc2c1nc(I)n2C1O[C@H](CO)[C@@H](O)[C@@]1(C)O.COc1nc(N)nc2c1ncn2C1O[C@H](CO)[C@@H](O)[C@@]1(C)O. The number of aromatic nitrogens is 8. The number of anilines is 2. The van der Waals surface area contributed by atoms with Crippen LogP contribution < -0.4 is 20.9 Å². The van der Waals surface area contributed by atoms with E-state index in [1.54, 1.807) is 0 Å². The lowest BCUT2D eigenvalue weighted by atomic mass is 9.96. The van der Waals surface area contributed by atoms with Crippen molar-refractivity contribution < 1.29 is 49.6 Å². The molecule has 0 radical (unpaired) electrons. The van der Waals surface area contributed by atoms with Crippen LogP contribution in [-0.4, -0.2) is 133 Å². The van der Waals surface area contributed by atoms with E-state index in [4.69, 9.17) is 30.4 Å². The van der Waals surface area contributed by atoms with Crippen LogP contribution in [0.15, 0.2) is 6.33 Å². The lowest BCUT2D eigenvalue weighted by Gasteiger charge is -2.27. The molecule has 2 unspecified atom stereocenters. The van der Waals surface area contributed by atoms with Crippen LogP contribution in [0.1, 0.15) is 26.3 Å². The van der Waals surface area contributed by atoms with Crippen molar-refractivity contribution in [2.75, 3.05) is 38.9 Å². The highest BCUT2D eigenvalue weighted by atomic mass is 127. The fourth-order valence-electron chi connectivity index (χ4n) is 5.26. The normalized spacial score (nSPS) is 31.4. The molecule has 4 aromatic rings. The van der Waals surface area contributed by atoms with Crippen LogP contribution in [0, 0.1) is 3.83 Å². The molecule has 0 spiro atoms. The minimum Gasteiger partial charge on any atom is -0.479 e. The number of hydrogen-bond donors (Lipinski definition) is 8. The summed E-state index contributed by atoms with van der Waals surface area (Å²) >= 11 is 1.94. The fourth-order valence-corrected chi connectivity index (χ4v) is 5.99. The maximum atomic E-state index is 10.6. The zero-order chi connectivity index (χ0) is 33.0. The van der Waals surface area contributed by atoms with Gasteiger partial charge < -0.3 is 61.1 Å². The van der Waals surface area contributed by atoms with Crippen molar-refractivity contribution in [3.63, 3.8) is 0 Å². The molecule has 0 aromatic carbocycles. The van der Waals surface area contributed by atoms with E-state index in [9.17, 15) is 30.6 Å². The maximum absolute atomic E-state index is 10.6. The molecule has 6 heterocycles. The third-order valence-electron chi connectivity index (χ3n) is 7.63. The number of aliphatic hydroxyl groups excluding tert-OH is 4. The third-order valence-corrected chi connectivity index (χ3v) is 8.39. The molecule has 6 rings (SSSR count). The van der Waals surface area contributed by atoms with Crippen LogP contribution in [-0.2, 0) is 9.47 Å². The van der Waals surface area contributed by atoms with E-state index in [1.165, 1.54) is 43.5 Å². The average Bonchev–Trinajstić information content (AvgIpc) is 3.68. The van der Waals surface area contributed by atoms with Gasteiger partial charge in [-0.1, -0.05) is 0 Å². The molecule has 4 aromatic heterocycles. The molecule has 21 heteroatoms. The first kappa shape index (κ1) is 33.1. The second kappa shape index (κ2) is 12.1. The lowest BCUT2D eigenvalue weighted by Crippen LogP contribution is -2.44. The van der Waals surface area contributed by atoms with Gasteiger partial charge in [-0.05, 0) is 13.8 Å². The Morgan fingerprint density at radius 2 is 1.31 bits per heavy atom. The van der Waals surface area contributed by atoms with E-state index < -0.39 is 61.3 Å². The van der Waals surface area contributed by atoms with Crippen molar-refractivity contribution in [3.8, 4) is 11.8 Å². The zero-order valence-corrected chi connectivity index (χ0v) is 26.5. The highest BCUT2D eigenvalue weighted by Gasteiger charge is 2.54. The topological polar surface area (TPSA) is 298 Å². The Hall–Kier alpha value is -3.29. The van der Waals surface area contributed by atoms with Gasteiger partial charge in [-0.3, -0.25) is 9.13 Å². The summed E-state index contributed by atoms with van der Waals surface area (Å²) in [6.07, 6.45) is -5.00. The van der Waals surface area contributed by atoms with E-state index in [-0.39, 0.29) is 23.7 Å². The summed E-state index contributed by atoms with van der Waals surface area (Å²) in [7, 11) is 2.86. The molecule has 0 bridgehead atoms. The van der Waals surface area contributed by atoms with Crippen LogP contribution in [0.4, 0.5) is 11.9 Å². The number of imidazole rings is 2. The minimum atomic E-state index is -1.66. The first-order valence-corrected chi connectivity index (χ1v) is 14.4. The number of halogens is 1. The molecule has 10 N–H and O–H groups in total. The summed E-state index contributed by atoms with van der Waals surface area (Å²) in [5, 5.41) is 59.9. The van der Waals surface area contributed by atoms with Crippen LogP contribution >= 0.6 is 22.6 Å². The Labute approximate surface area is 267 Å². The molecular formula is C24H33IN10O10. The van der Waals surface area contributed by atoms with Crippen LogP contribution in [0.2, 0.25) is 0 Å². The Bertz CT molecular complexity index is 1700. The van der Waals surface area contributed by atoms with Crippen molar-refractivity contribution in [3.05, 3.63) is 10.2 Å². The van der Waals surface area contributed by atoms with Crippen LogP contribution in [0.25, 0.3) is 22.3 Å². The summed E-state index contributed by atoms with van der Waals surface area (Å²) in [6.45, 7) is 1.96. The van der Waals surface area contributed by atoms with E-state index in [2.05, 4.69) is 29.9 Å². The summed E-state index contributed by atoms with van der Waals surface area (Å²) < 4.78 is 24.8. The number of nitrogen functional groups attached to an aromatic ring is 2. The van der Waals surface area contributed by atoms with E-state index in [0.717, 1.165) is 0 Å². The number of ether oxygens (including phenoxy) is 4. The smallest absolute Gasteiger partial charge is 0.247 e. The number of rotatable bonds is 6. The number of hydrogen-bond acceptors (Lipinski definition) is 18. The van der Waals surface area contributed by atoms with E-state index in [0.29, 0.717) is 26.2 Å². The van der Waals surface area contributed by atoms with Crippen molar-refractivity contribution in [2.45, 2.75) is 61.9 Å². The largest absolute Gasteiger partial charge is 0.479 e. The van der Waals surface area contributed by atoms with Crippen molar-refractivity contribution in [1.82, 2.24) is 39.0 Å². The number of methoxy groups -OCH3 is 2. The van der Waals surface area contributed by atoms with E-state index in [1.807, 2.05) is 22.6 Å². The van der Waals surface area contributed by atoms with Gasteiger partial charge >= 0.3 is 0 Å². The Morgan fingerprint density at radius 1 is 0.822 bits per heavy atom. The third kappa shape index (κ3) is 5.46. The van der Waals surface area contributed by atoms with Gasteiger partial charge in [0, 0.05) is 22.6 Å². The molecule has 2 fully saturated rings. The van der Waals surface area contributed by atoms with Gasteiger partial charge in [0.25, 0.3) is 0 Å². The van der Waals surface area contributed by atoms with Crippen molar-refractivity contribution >= 4 is 56.8 Å². The predicted octanol–water partition coefficient (Wildman–Crippen LogP) is -2.56. The molecule has 0 aliphatic carbocycles. The number of nitrogens with zero attached hydrogens (tertiary/aromatic N) is 8. The molecule has 2 aliphatic heterocycles. The van der Waals surface area contributed by atoms with Gasteiger partial charge in [0.1, 0.15) is 35.6 Å². The molecule has 246 valence electrons. The Balaban J connectivity index is 0.000000178. The molecule has 2 saturated heterocycles. The number of aliphatic hydroxyl groups is 6. The minimum absolute atomic E-state index is 0.0243. The summed E-state index contributed by atoms with van der Waals surface area (Å²) in [5.74, 6) is 0.339. The standard InChI is InChI=1S/C12H16IN5O5.C12H17N5O5/c1-12(21)6(20)4(3-19)23-9(12)18-7-5(15-10(18)13)8(22-2)17-11(14)16-7;1-12(20)7(19)5(3-18)22-10(12)17-4-14-6-8(17)15-11(13)16-9(6)21-2/h4,6,9,19-21H,3H2,1-2H3,(H2,14,16,17);4-5,7,10,18-20H,3H2,1-2H3,(H2,13,15,16)/t4-,6-,9?,12-;5-,7-,10?,12-/m11/s1. The van der Waals surface area contributed by atoms with Gasteiger partial charge in [0.05, 0.1) is 33.8 Å². The van der Waals surface area contributed by atoms with Crippen molar-refractivity contribution in [1.29, 1.82) is 0 Å². The molecule has 2 aliphatic rings. The molecule has 8 atom stereocenters. The van der Waals surface area contributed by atoms with Crippen LogP contribution in [0.3, 0.4) is 0 Å². The molecule has 45 heavy (non-hydrogen) atoms. The molecule has 0 amide bonds. The van der Waals surface area contributed by atoms with Gasteiger partial charge in [-0.15, -0.1) is 0 Å². The quantitative estimate of drug-likeness (QED) is 0.0743. The van der Waals surface area contributed by atoms with E-state index >= 15 is 0 Å². The highest BCUT2D eigenvalue weighted by molar-refractivity contribution is 14.1. The molecule has 0 saturated carbocycles. The van der Waals surface area contributed by atoms with Gasteiger partial charge in [0.2, 0.25) is 23.7 Å². The maximum Gasteiger partial charge on any atom is 0.247 e. The van der Waals surface area contributed by atoms with Crippen molar-refractivity contribution in [2.24, 2.45) is 0 Å². The first-order chi connectivity index (χ1) is 21.2. The number of nitrogens with two attached hydrogens (primary N) is 2. The first-order valence-electron chi connectivity index (χ1n) is 13.3. The summed E-state index contributed by atoms with van der Waals surface area (Å²) in [6, 6.07) is 0.